The summed E-state index contributed by atoms with van der Waals surface area (Å²) in [6.07, 6.45) is 0.945. The molecular weight excluding hydrogens is 340 g/mol. The van der Waals surface area contributed by atoms with E-state index in [0.717, 1.165) is 6.42 Å². The molecule has 2 aromatic rings. The van der Waals surface area contributed by atoms with E-state index in [4.69, 9.17) is 4.98 Å². The van der Waals surface area contributed by atoms with Gasteiger partial charge in [0.15, 0.2) is 0 Å². The fourth-order valence-corrected chi connectivity index (χ4v) is 4.11. The van der Waals surface area contributed by atoms with Crippen molar-refractivity contribution >= 4 is 38.6 Å². The van der Waals surface area contributed by atoms with E-state index < -0.39 is 0 Å². The lowest BCUT2D eigenvalue weighted by Gasteiger charge is -2.15. The molecule has 104 valence electrons. The quantitative estimate of drug-likeness (QED) is 0.851. The normalized spacial score (nSPS) is 13.7. The lowest BCUT2D eigenvalue weighted by atomic mass is 9.93. The molecular formula is C14H19BrN2S2. The molecule has 2 nitrogen and oxygen atoms in total. The number of nitrogens with zero attached hydrogens (tertiary/aromatic N) is 1. The second-order valence-electron chi connectivity index (χ2n) is 5.61. The number of halogens is 1. The summed E-state index contributed by atoms with van der Waals surface area (Å²) in [6.45, 7) is 6.62. The first-order valence-electron chi connectivity index (χ1n) is 6.26. The zero-order chi connectivity index (χ0) is 14.0. The zero-order valence-corrected chi connectivity index (χ0v) is 14.9. The molecule has 5 heteroatoms. The fraction of sp³-hybridized carbons (Fsp3) is 0.500. The van der Waals surface area contributed by atoms with Crippen LogP contribution in [0.15, 0.2) is 20.6 Å². The molecule has 0 aliphatic heterocycles. The summed E-state index contributed by atoms with van der Waals surface area (Å²) >= 11 is 7.01. The summed E-state index contributed by atoms with van der Waals surface area (Å²) in [6, 6.07) is 2.52. The van der Waals surface area contributed by atoms with Crippen molar-refractivity contribution in [2.24, 2.45) is 0 Å². The highest BCUT2D eigenvalue weighted by Crippen LogP contribution is 2.29. The Morgan fingerprint density at radius 2 is 2.05 bits per heavy atom. The molecule has 19 heavy (non-hydrogen) atoms. The average molecular weight is 359 g/mol. The number of thiophene rings is 1. The van der Waals surface area contributed by atoms with E-state index in [9.17, 15) is 0 Å². The van der Waals surface area contributed by atoms with Crippen molar-refractivity contribution in [3.05, 3.63) is 36.9 Å². The lowest BCUT2D eigenvalue weighted by molar-refractivity contribution is 0.560. The fourth-order valence-electron chi connectivity index (χ4n) is 1.82. The van der Waals surface area contributed by atoms with Crippen LogP contribution in [-0.4, -0.2) is 12.0 Å². The van der Waals surface area contributed by atoms with Crippen molar-refractivity contribution in [1.82, 2.24) is 10.3 Å². The van der Waals surface area contributed by atoms with E-state index in [-0.39, 0.29) is 5.41 Å². The third-order valence-corrected chi connectivity index (χ3v) is 5.43. The Balaban J connectivity index is 2.13. The molecule has 0 aliphatic carbocycles. The molecule has 0 aromatic carbocycles. The third kappa shape index (κ3) is 3.88. The lowest BCUT2D eigenvalue weighted by Crippen LogP contribution is -2.18. The van der Waals surface area contributed by atoms with E-state index in [0.29, 0.717) is 6.04 Å². The van der Waals surface area contributed by atoms with E-state index in [1.807, 2.05) is 7.05 Å². The molecule has 1 atom stereocenters. The van der Waals surface area contributed by atoms with E-state index in [1.54, 1.807) is 22.7 Å². The number of likely N-dealkylation sites (N-methyl/N-ethyl adjacent to an activating group) is 1. The maximum absolute atomic E-state index is 4.77. The largest absolute Gasteiger partial charge is 0.313 e. The van der Waals surface area contributed by atoms with Gasteiger partial charge in [0.05, 0.1) is 14.5 Å². The van der Waals surface area contributed by atoms with Crippen LogP contribution in [0, 0.1) is 0 Å². The minimum absolute atomic E-state index is 0.134. The minimum Gasteiger partial charge on any atom is -0.313 e. The molecule has 0 spiro atoms. The van der Waals surface area contributed by atoms with Crippen LogP contribution in [0.5, 0.6) is 0 Å². The molecule has 2 aromatic heterocycles. The van der Waals surface area contributed by atoms with Gasteiger partial charge in [0.25, 0.3) is 0 Å². The van der Waals surface area contributed by atoms with Crippen LogP contribution >= 0.6 is 38.6 Å². The smallest absolute Gasteiger partial charge is 0.0947 e. The highest BCUT2D eigenvalue weighted by Gasteiger charge is 2.19. The van der Waals surface area contributed by atoms with Crippen LogP contribution in [0.1, 0.15) is 43.1 Å². The summed E-state index contributed by atoms with van der Waals surface area (Å²) in [5.74, 6) is 0. The number of rotatable bonds is 4. The molecule has 0 fully saturated rings. The second kappa shape index (κ2) is 6.04. The molecule has 0 aliphatic rings. The van der Waals surface area contributed by atoms with Gasteiger partial charge in [-0.3, -0.25) is 0 Å². The van der Waals surface area contributed by atoms with Crippen LogP contribution in [0.3, 0.4) is 0 Å². The third-order valence-electron chi connectivity index (χ3n) is 3.04. The van der Waals surface area contributed by atoms with Gasteiger partial charge in [-0.25, -0.2) is 4.98 Å². The molecule has 2 heterocycles. The van der Waals surface area contributed by atoms with Gasteiger partial charge >= 0.3 is 0 Å². The predicted octanol–water partition coefficient (Wildman–Crippen LogP) is 4.77. The molecule has 0 saturated carbocycles. The Hall–Kier alpha value is -0.230. The molecule has 1 N–H and O–H groups in total. The Bertz CT molecular complexity index is 540. The Labute approximate surface area is 131 Å². The van der Waals surface area contributed by atoms with Gasteiger partial charge in [-0.15, -0.1) is 22.7 Å². The maximum Gasteiger partial charge on any atom is 0.0947 e. The summed E-state index contributed by atoms with van der Waals surface area (Å²) in [5, 5.41) is 8.97. The van der Waals surface area contributed by atoms with Gasteiger partial charge in [0.1, 0.15) is 0 Å². The summed E-state index contributed by atoms with van der Waals surface area (Å²) in [7, 11) is 2.01. The minimum atomic E-state index is 0.134. The number of aromatic nitrogens is 1. The maximum atomic E-state index is 4.77. The Morgan fingerprint density at radius 1 is 1.32 bits per heavy atom. The molecule has 1 unspecified atom stereocenters. The van der Waals surface area contributed by atoms with Crippen LogP contribution in [0.4, 0.5) is 0 Å². The highest BCUT2D eigenvalue weighted by atomic mass is 79.9. The van der Waals surface area contributed by atoms with Gasteiger partial charge in [-0.1, -0.05) is 20.8 Å². The first-order valence-corrected chi connectivity index (χ1v) is 8.81. The first-order chi connectivity index (χ1) is 8.90. The summed E-state index contributed by atoms with van der Waals surface area (Å²) < 4.78 is 1.18. The molecule has 0 bridgehead atoms. The summed E-state index contributed by atoms with van der Waals surface area (Å²) in [5.41, 5.74) is 2.65. The number of thiazole rings is 1. The van der Waals surface area contributed by atoms with Crippen molar-refractivity contribution in [2.75, 3.05) is 7.05 Å². The van der Waals surface area contributed by atoms with Crippen LogP contribution in [0.25, 0.3) is 0 Å². The van der Waals surface area contributed by atoms with Crippen molar-refractivity contribution in [3.8, 4) is 0 Å². The van der Waals surface area contributed by atoms with Crippen LogP contribution in [-0.2, 0) is 11.8 Å². The number of hydrogen-bond acceptors (Lipinski definition) is 4. The summed E-state index contributed by atoms with van der Waals surface area (Å²) in [4.78, 5) is 4.77. The van der Waals surface area contributed by atoms with Crippen molar-refractivity contribution < 1.29 is 0 Å². The van der Waals surface area contributed by atoms with Crippen LogP contribution < -0.4 is 5.32 Å². The van der Waals surface area contributed by atoms with E-state index >= 15 is 0 Å². The average Bonchev–Trinajstić information content (AvgIpc) is 2.94. The molecule has 0 amide bonds. The van der Waals surface area contributed by atoms with Crippen molar-refractivity contribution in [1.29, 1.82) is 0 Å². The van der Waals surface area contributed by atoms with Crippen molar-refractivity contribution in [2.45, 2.75) is 38.6 Å². The van der Waals surface area contributed by atoms with Gasteiger partial charge in [-0.2, -0.15) is 0 Å². The molecule has 0 saturated heterocycles. The Morgan fingerprint density at radius 3 is 2.53 bits per heavy atom. The SMILES string of the molecule is CNC(Cc1nc(C(C)(C)C)cs1)c1csc(Br)c1. The van der Waals surface area contributed by atoms with Gasteiger partial charge in [-0.05, 0) is 40.0 Å². The van der Waals surface area contributed by atoms with E-state index in [2.05, 4.69) is 58.8 Å². The number of nitrogens with one attached hydrogen (secondary N) is 1. The monoisotopic (exact) mass is 358 g/mol. The highest BCUT2D eigenvalue weighted by molar-refractivity contribution is 9.11. The van der Waals surface area contributed by atoms with Crippen LogP contribution in [0.2, 0.25) is 0 Å². The zero-order valence-electron chi connectivity index (χ0n) is 11.7. The predicted molar refractivity (Wildman–Crippen MR) is 88.3 cm³/mol. The second-order valence-corrected chi connectivity index (χ2v) is 8.84. The van der Waals surface area contributed by atoms with E-state index in [1.165, 1.54) is 20.1 Å². The topological polar surface area (TPSA) is 24.9 Å². The van der Waals surface area contributed by atoms with Crippen molar-refractivity contribution in [3.63, 3.8) is 0 Å². The van der Waals surface area contributed by atoms with Gasteiger partial charge in [0, 0.05) is 23.3 Å². The Kier molecular flexibility index (Phi) is 4.82. The number of hydrogen-bond donors (Lipinski definition) is 1. The molecule has 0 radical (unpaired) electrons. The molecule has 2 rings (SSSR count). The standard InChI is InChI=1S/C14H19BrN2S2/c1-14(2,3)11-8-19-13(17-11)6-10(16-4)9-5-12(15)18-7-9/h5,7-8,10,16H,6H2,1-4H3. The first kappa shape index (κ1) is 15.2. The van der Waals surface area contributed by atoms with Gasteiger partial charge in [0.2, 0.25) is 0 Å². The van der Waals surface area contributed by atoms with Gasteiger partial charge < -0.3 is 5.32 Å².